The summed E-state index contributed by atoms with van der Waals surface area (Å²) in [6.07, 6.45) is 4.54. The van der Waals surface area contributed by atoms with Crippen LogP contribution in [0.2, 0.25) is 0 Å². The number of carboxylic acids is 1. The van der Waals surface area contributed by atoms with E-state index in [0.717, 1.165) is 30.4 Å². The molecule has 0 bridgehead atoms. The van der Waals surface area contributed by atoms with E-state index in [1.807, 2.05) is 30.3 Å². The normalized spacial score (nSPS) is 10.6. The number of nitrogens with zero attached hydrogens (tertiary/aromatic N) is 1. The minimum absolute atomic E-state index is 0.647. The molecule has 4 heteroatoms. The van der Waals surface area contributed by atoms with Crippen LogP contribution in [-0.4, -0.2) is 37.9 Å². The van der Waals surface area contributed by atoms with Crippen molar-refractivity contribution in [3.05, 3.63) is 48.6 Å². The van der Waals surface area contributed by atoms with Gasteiger partial charge in [0, 0.05) is 32.0 Å². The van der Waals surface area contributed by atoms with Crippen LogP contribution < -0.4 is 4.90 Å². The lowest BCUT2D eigenvalue weighted by atomic mass is 10.2. The molecule has 0 atom stereocenters. The fourth-order valence-corrected chi connectivity index (χ4v) is 1.65. The predicted octanol–water partition coefficient (Wildman–Crippen LogP) is 2.42. The quantitative estimate of drug-likeness (QED) is 0.577. The number of benzene rings is 1. The average Bonchev–Trinajstić information content (AvgIpc) is 2.42. The van der Waals surface area contributed by atoms with E-state index in [2.05, 4.69) is 11.5 Å². The van der Waals surface area contributed by atoms with Crippen LogP contribution >= 0.6 is 0 Å². The van der Waals surface area contributed by atoms with Crippen LogP contribution in [0.5, 0.6) is 0 Å². The molecule has 0 saturated carbocycles. The van der Waals surface area contributed by atoms with Gasteiger partial charge in [-0.05, 0) is 23.8 Å². The topological polar surface area (TPSA) is 49.8 Å². The zero-order chi connectivity index (χ0) is 14.1. The Labute approximate surface area is 113 Å². The zero-order valence-electron chi connectivity index (χ0n) is 11.1. The maximum Gasteiger partial charge on any atom is 0.328 e. The highest BCUT2D eigenvalue weighted by molar-refractivity contribution is 5.85. The Hall–Kier alpha value is -2.07. The van der Waals surface area contributed by atoms with Gasteiger partial charge in [0.15, 0.2) is 0 Å². The van der Waals surface area contributed by atoms with E-state index in [0.29, 0.717) is 6.61 Å². The standard InChI is InChI=1S/C15H19NO3/c1-3-10-16(11-12-19-2)14-7-4-13(5-8-14)6-9-15(17)18/h3-9H,1,10-12H2,2H3,(H,17,18)/b9-6+. The number of rotatable bonds is 8. The summed E-state index contributed by atoms with van der Waals surface area (Å²) in [6.45, 7) is 5.92. The lowest BCUT2D eigenvalue weighted by Gasteiger charge is -2.23. The van der Waals surface area contributed by atoms with E-state index in [9.17, 15) is 4.79 Å². The number of carboxylic acid groups (broad SMARTS) is 1. The molecular formula is C15H19NO3. The van der Waals surface area contributed by atoms with Gasteiger partial charge in [0.1, 0.15) is 0 Å². The molecule has 0 aliphatic rings. The second-order valence-corrected chi connectivity index (χ2v) is 3.99. The number of methoxy groups -OCH3 is 1. The highest BCUT2D eigenvalue weighted by Crippen LogP contribution is 2.16. The molecule has 1 aromatic carbocycles. The van der Waals surface area contributed by atoms with Crippen molar-refractivity contribution < 1.29 is 14.6 Å². The summed E-state index contributed by atoms with van der Waals surface area (Å²) >= 11 is 0. The van der Waals surface area contributed by atoms with Gasteiger partial charge in [0.25, 0.3) is 0 Å². The molecule has 4 nitrogen and oxygen atoms in total. The number of aliphatic carboxylic acids is 1. The Morgan fingerprint density at radius 1 is 1.42 bits per heavy atom. The van der Waals surface area contributed by atoms with E-state index < -0.39 is 5.97 Å². The first kappa shape index (κ1) is 15.0. The number of anilines is 1. The highest BCUT2D eigenvalue weighted by Gasteiger charge is 2.03. The zero-order valence-corrected chi connectivity index (χ0v) is 11.1. The second kappa shape index (κ2) is 8.11. The van der Waals surface area contributed by atoms with Crippen molar-refractivity contribution in [2.24, 2.45) is 0 Å². The molecular weight excluding hydrogens is 242 g/mol. The minimum atomic E-state index is -0.947. The third-order valence-corrected chi connectivity index (χ3v) is 2.59. The van der Waals surface area contributed by atoms with Gasteiger partial charge in [-0.15, -0.1) is 6.58 Å². The van der Waals surface area contributed by atoms with Crippen molar-refractivity contribution in [3.8, 4) is 0 Å². The van der Waals surface area contributed by atoms with Gasteiger partial charge in [-0.25, -0.2) is 4.79 Å². The first-order valence-corrected chi connectivity index (χ1v) is 6.03. The van der Waals surface area contributed by atoms with Gasteiger partial charge in [-0.1, -0.05) is 18.2 Å². The number of hydrogen-bond acceptors (Lipinski definition) is 3. The summed E-state index contributed by atoms with van der Waals surface area (Å²) in [5, 5.41) is 8.56. The average molecular weight is 261 g/mol. The molecule has 102 valence electrons. The Bertz CT molecular complexity index is 437. The molecule has 0 radical (unpaired) electrons. The van der Waals surface area contributed by atoms with Gasteiger partial charge in [-0.2, -0.15) is 0 Å². The molecule has 0 aromatic heterocycles. The monoisotopic (exact) mass is 261 g/mol. The molecule has 0 aliphatic carbocycles. The van der Waals surface area contributed by atoms with Gasteiger partial charge in [-0.3, -0.25) is 0 Å². The van der Waals surface area contributed by atoms with Crippen molar-refractivity contribution in [2.45, 2.75) is 0 Å². The largest absolute Gasteiger partial charge is 0.478 e. The maximum atomic E-state index is 10.4. The predicted molar refractivity (Wildman–Crippen MR) is 77.4 cm³/mol. The third kappa shape index (κ3) is 5.40. The van der Waals surface area contributed by atoms with Crippen molar-refractivity contribution in [3.63, 3.8) is 0 Å². The Morgan fingerprint density at radius 3 is 2.63 bits per heavy atom. The van der Waals surface area contributed by atoms with Gasteiger partial charge in [0.05, 0.1) is 6.61 Å². The second-order valence-electron chi connectivity index (χ2n) is 3.99. The molecule has 0 heterocycles. The lowest BCUT2D eigenvalue weighted by Crippen LogP contribution is -2.27. The first-order valence-electron chi connectivity index (χ1n) is 6.03. The van der Waals surface area contributed by atoms with Crippen LogP contribution in [0.1, 0.15) is 5.56 Å². The van der Waals surface area contributed by atoms with Crippen molar-refractivity contribution in [1.29, 1.82) is 0 Å². The van der Waals surface area contributed by atoms with Gasteiger partial charge >= 0.3 is 5.97 Å². The van der Waals surface area contributed by atoms with Gasteiger partial charge in [0.2, 0.25) is 0 Å². The maximum absolute atomic E-state index is 10.4. The molecule has 0 spiro atoms. The van der Waals surface area contributed by atoms with E-state index in [-0.39, 0.29) is 0 Å². The van der Waals surface area contributed by atoms with Crippen molar-refractivity contribution in [1.82, 2.24) is 0 Å². The van der Waals surface area contributed by atoms with E-state index in [4.69, 9.17) is 9.84 Å². The van der Waals surface area contributed by atoms with Gasteiger partial charge < -0.3 is 14.7 Å². The molecule has 0 unspecified atom stereocenters. The van der Waals surface area contributed by atoms with Crippen LogP contribution in [0.15, 0.2) is 43.0 Å². The molecule has 1 N–H and O–H groups in total. The Morgan fingerprint density at radius 2 is 2.11 bits per heavy atom. The molecule has 0 aliphatic heterocycles. The summed E-state index contributed by atoms with van der Waals surface area (Å²) in [5.74, 6) is -0.947. The molecule has 0 saturated heterocycles. The van der Waals surface area contributed by atoms with Crippen LogP contribution in [-0.2, 0) is 9.53 Å². The van der Waals surface area contributed by atoms with E-state index in [1.54, 1.807) is 13.2 Å². The van der Waals surface area contributed by atoms with E-state index in [1.165, 1.54) is 0 Å². The van der Waals surface area contributed by atoms with Crippen LogP contribution in [0.3, 0.4) is 0 Å². The summed E-state index contributed by atoms with van der Waals surface area (Å²) in [6, 6.07) is 7.69. The first-order chi connectivity index (χ1) is 9.17. The SMILES string of the molecule is C=CCN(CCOC)c1ccc(/C=C/C(=O)O)cc1. The van der Waals surface area contributed by atoms with Crippen LogP contribution in [0.4, 0.5) is 5.69 Å². The number of hydrogen-bond donors (Lipinski definition) is 1. The number of ether oxygens (including phenoxy) is 1. The van der Waals surface area contributed by atoms with Crippen LogP contribution in [0, 0.1) is 0 Å². The smallest absolute Gasteiger partial charge is 0.328 e. The molecule has 1 rings (SSSR count). The van der Waals surface area contributed by atoms with Crippen molar-refractivity contribution >= 4 is 17.7 Å². The molecule has 1 aromatic rings. The molecule has 0 fully saturated rings. The fraction of sp³-hybridized carbons (Fsp3) is 0.267. The Balaban J connectivity index is 2.76. The van der Waals surface area contributed by atoms with Crippen molar-refractivity contribution in [2.75, 3.05) is 31.7 Å². The van der Waals surface area contributed by atoms with E-state index >= 15 is 0 Å². The minimum Gasteiger partial charge on any atom is -0.478 e. The summed E-state index contributed by atoms with van der Waals surface area (Å²) < 4.78 is 5.08. The summed E-state index contributed by atoms with van der Waals surface area (Å²) in [4.78, 5) is 12.6. The summed E-state index contributed by atoms with van der Waals surface area (Å²) in [7, 11) is 1.67. The Kier molecular flexibility index (Phi) is 6.39. The molecule has 0 amide bonds. The highest BCUT2D eigenvalue weighted by atomic mass is 16.5. The third-order valence-electron chi connectivity index (χ3n) is 2.59. The van der Waals surface area contributed by atoms with Crippen LogP contribution in [0.25, 0.3) is 6.08 Å². The number of carbonyl (C=O) groups is 1. The summed E-state index contributed by atoms with van der Waals surface area (Å²) in [5.41, 5.74) is 1.92. The molecule has 19 heavy (non-hydrogen) atoms. The lowest BCUT2D eigenvalue weighted by molar-refractivity contribution is -0.131. The fourth-order valence-electron chi connectivity index (χ4n) is 1.65.